The number of hydrogen-bond acceptors (Lipinski definition) is 3. The maximum Gasteiger partial charge on any atom is 0.254 e. The highest BCUT2D eigenvalue weighted by Gasteiger charge is 2.32. The van der Waals surface area contributed by atoms with Crippen molar-refractivity contribution in [2.75, 3.05) is 6.54 Å². The van der Waals surface area contributed by atoms with Gasteiger partial charge in [-0.3, -0.25) is 4.79 Å². The summed E-state index contributed by atoms with van der Waals surface area (Å²) in [5.41, 5.74) is 2.52. The van der Waals surface area contributed by atoms with Crippen LogP contribution < -0.4 is 0 Å². The summed E-state index contributed by atoms with van der Waals surface area (Å²) in [6.07, 6.45) is 1.90. The first kappa shape index (κ1) is 15.9. The van der Waals surface area contributed by atoms with Gasteiger partial charge in [0, 0.05) is 21.8 Å². The highest BCUT2D eigenvalue weighted by atomic mass is 35.5. The zero-order valence-corrected chi connectivity index (χ0v) is 15.5. The molecule has 1 saturated heterocycles. The molecule has 1 amide bonds. The molecule has 0 bridgehead atoms. The van der Waals surface area contributed by atoms with Crippen LogP contribution >= 0.6 is 22.9 Å². The van der Waals surface area contributed by atoms with Gasteiger partial charge in [0.25, 0.3) is 5.91 Å². The first-order valence-electron chi connectivity index (χ1n) is 8.62. The molecule has 26 heavy (non-hydrogen) atoms. The van der Waals surface area contributed by atoms with Crippen LogP contribution in [0.25, 0.3) is 21.1 Å². The molecule has 0 aliphatic carbocycles. The predicted molar refractivity (Wildman–Crippen MR) is 106 cm³/mol. The second-order valence-corrected chi connectivity index (χ2v) is 8.00. The van der Waals surface area contributed by atoms with E-state index in [1.165, 1.54) is 4.70 Å². The van der Waals surface area contributed by atoms with E-state index < -0.39 is 0 Å². The number of aromatic nitrogens is 2. The third-order valence-corrected chi connectivity index (χ3v) is 6.12. The molecule has 4 aromatic rings. The Bertz CT molecular complexity index is 1130. The second kappa shape index (κ2) is 6.11. The van der Waals surface area contributed by atoms with Crippen molar-refractivity contribution in [3.8, 4) is 0 Å². The van der Waals surface area contributed by atoms with Crippen LogP contribution in [-0.4, -0.2) is 27.3 Å². The van der Waals surface area contributed by atoms with Crippen LogP contribution in [0, 0.1) is 0 Å². The number of nitrogens with one attached hydrogen (secondary N) is 1. The van der Waals surface area contributed by atoms with E-state index >= 15 is 0 Å². The third kappa shape index (κ3) is 2.59. The fraction of sp³-hybridized carbons (Fsp3) is 0.200. The molecule has 4 nitrogen and oxygen atoms in total. The molecule has 5 rings (SSSR count). The van der Waals surface area contributed by atoms with Crippen LogP contribution in [0.1, 0.15) is 35.1 Å². The average Bonchev–Trinajstić information content (AvgIpc) is 3.37. The summed E-state index contributed by atoms with van der Waals surface area (Å²) < 4.78 is 1.20. The summed E-state index contributed by atoms with van der Waals surface area (Å²) in [5.74, 6) is 0.906. The molecule has 130 valence electrons. The van der Waals surface area contributed by atoms with Gasteiger partial charge in [-0.15, -0.1) is 11.3 Å². The van der Waals surface area contributed by atoms with Crippen molar-refractivity contribution >= 4 is 50.0 Å². The van der Waals surface area contributed by atoms with Crippen molar-refractivity contribution < 1.29 is 4.79 Å². The lowest BCUT2D eigenvalue weighted by Crippen LogP contribution is -2.31. The van der Waals surface area contributed by atoms with Gasteiger partial charge in [0.05, 0.1) is 17.1 Å². The van der Waals surface area contributed by atoms with Gasteiger partial charge in [-0.25, -0.2) is 4.98 Å². The maximum atomic E-state index is 13.1. The van der Waals surface area contributed by atoms with Gasteiger partial charge >= 0.3 is 0 Å². The summed E-state index contributed by atoms with van der Waals surface area (Å²) in [4.78, 5) is 23.1. The molecule has 1 atom stereocenters. The smallest absolute Gasteiger partial charge is 0.254 e. The van der Waals surface area contributed by atoms with Crippen LogP contribution in [0.5, 0.6) is 0 Å². The average molecular weight is 382 g/mol. The number of carbonyl (C=O) groups excluding carboxylic acids is 1. The Balaban J connectivity index is 1.49. The lowest BCUT2D eigenvalue weighted by molar-refractivity contribution is 0.0730. The van der Waals surface area contributed by atoms with Gasteiger partial charge in [0.15, 0.2) is 0 Å². The molecular formula is C20H16ClN3OS. The van der Waals surface area contributed by atoms with Gasteiger partial charge in [-0.1, -0.05) is 11.6 Å². The molecule has 0 spiro atoms. The highest BCUT2D eigenvalue weighted by Crippen LogP contribution is 2.33. The number of nitrogens with zero attached hydrogens (tertiary/aromatic N) is 2. The fourth-order valence-corrected chi connectivity index (χ4v) is 4.66. The van der Waals surface area contributed by atoms with Gasteiger partial charge in [0.1, 0.15) is 5.82 Å². The molecular weight excluding hydrogens is 366 g/mol. The van der Waals surface area contributed by atoms with Gasteiger partial charge in [-0.2, -0.15) is 0 Å². The molecule has 1 N–H and O–H groups in total. The minimum atomic E-state index is -0.0214. The second-order valence-electron chi connectivity index (χ2n) is 6.61. The molecule has 1 fully saturated rings. The molecule has 1 aliphatic heterocycles. The van der Waals surface area contributed by atoms with Crippen molar-refractivity contribution in [1.29, 1.82) is 0 Å². The SMILES string of the molecule is O=C(c1ccc2sccc2c1)N1CCCC1c1nc2ccc(Cl)cc2[nH]1. The van der Waals surface area contributed by atoms with Gasteiger partial charge < -0.3 is 9.88 Å². The number of amides is 1. The van der Waals surface area contributed by atoms with Crippen LogP contribution in [0.3, 0.4) is 0 Å². The number of hydrogen-bond donors (Lipinski definition) is 1. The van der Waals surface area contributed by atoms with Crippen LogP contribution in [0.4, 0.5) is 0 Å². The van der Waals surface area contributed by atoms with Crippen molar-refractivity contribution in [2.45, 2.75) is 18.9 Å². The number of imidazole rings is 1. The number of carbonyl (C=O) groups is 1. The number of halogens is 1. The Morgan fingerprint density at radius 3 is 3.08 bits per heavy atom. The molecule has 0 radical (unpaired) electrons. The van der Waals surface area contributed by atoms with Crippen molar-refractivity contribution in [3.63, 3.8) is 0 Å². The summed E-state index contributed by atoms with van der Waals surface area (Å²) in [6, 6.07) is 13.6. The Morgan fingerprint density at radius 2 is 2.15 bits per heavy atom. The van der Waals surface area contributed by atoms with E-state index in [2.05, 4.69) is 16.4 Å². The molecule has 2 aromatic heterocycles. The van der Waals surface area contributed by atoms with E-state index in [1.54, 1.807) is 11.3 Å². The van der Waals surface area contributed by atoms with E-state index in [0.29, 0.717) is 5.02 Å². The molecule has 1 aliphatic rings. The number of fused-ring (bicyclic) bond motifs is 2. The first-order chi connectivity index (χ1) is 12.7. The largest absolute Gasteiger partial charge is 0.340 e. The van der Waals surface area contributed by atoms with Crippen molar-refractivity contribution in [2.24, 2.45) is 0 Å². The number of H-pyrrole nitrogens is 1. The van der Waals surface area contributed by atoms with Crippen molar-refractivity contribution in [1.82, 2.24) is 14.9 Å². The predicted octanol–water partition coefficient (Wildman–Crippen LogP) is 5.41. The van der Waals surface area contributed by atoms with Crippen LogP contribution in [-0.2, 0) is 0 Å². The molecule has 6 heteroatoms. The zero-order chi connectivity index (χ0) is 17.7. The van der Waals surface area contributed by atoms with E-state index in [0.717, 1.165) is 47.2 Å². The number of benzene rings is 2. The van der Waals surface area contributed by atoms with Gasteiger partial charge in [-0.05, 0) is 66.1 Å². The van der Waals surface area contributed by atoms with Crippen LogP contribution in [0.2, 0.25) is 5.02 Å². The molecule has 1 unspecified atom stereocenters. The standard InChI is InChI=1S/C20H16ClN3OS/c21-14-4-5-15-16(11-14)23-19(22-15)17-2-1-8-24(17)20(25)13-3-6-18-12(10-13)7-9-26-18/h3-7,9-11,17H,1-2,8H2,(H,22,23). The minimum absolute atomic E-state index is 0.0214. The monoisotopic (exact) mass is 381 g/mol. The number of likely N-dealkylation sites (tertiary alicyclic amines) is 1. The summed E-state index contributed by atoms with van der Waals surface area (Å²) >= 11 is 7.76. The topological polar surface area (TPSA) is 49.0 Å². The van der Waals surface area contributed by atoms with Crippen molar-refractivity contribution in [3.05, 3.63) is 64.3 Å². The first-order valence-corrected chi connectivity index (χ1v) is 9.88. The Morgan fingerprint density at radius 1 is 1.23 bits per heavy atom. The number of thiophene rings is 1. The Kier molecular flexibility index (Phi) is 3.72. The van der Waals surface area contributed by atoms with E-state index in [-0.39, 0.29) is 11.9 Å². The quantitative estimate of drug-likeness (QED) is 0.504. The maximum absolute atomic E-state index is 13.1. The third-order valence-electron chi connectivity index (χ3n) is 4.99. The molecule has 3 heterocycles. The van der Waals surface area contributed by atoms with E-state index in [1.807, 2.05) is 41.3 Å². The number of aromatic amines is 1. The molecule has 2 aromatic carbocycles. The fourth-order valence-electron chi connectivity index (χ4n) is 3.72. The van der Waals surface area contributed by atoms with E-state index in [4.69, 9.17) is 16.6 Å². The normalized spacial score (nSPS) is 17.4. The summed E-state index contributed by atoms with van der Waals surface area (Å²) in [5, 5.41) is 3.85. The summed E-state index contributed by atoms with van der Waals surface area (Å²) in [7, 11) is 0. The van der Waals surface area contributed by atoms with Crippen LogP contribution in [0.15, 0.2) is 47.8 Å². The lowest BCUT2D eigenvalue weighted by atomic mass is 10.1. The zero-order valence-electron chi connectivity index (χ0n) is 13.9. The number of rotatable bonds is 2. The lowest BCUT2D eigenvalue weighted by Gasteiger charge is -2.23. The van der Waals surface area contributed by atoms with Gasteiger partial charge in [0.2, 0.25) is 0 Å². The molecule has 0 saturated carbocycles. The summed E-state index contributed by atoms with van der Waals surface area (Å²) in [6.45, 7) is 0.753. The highest BCUT2D eigenvalue weighted by molar-refractivity contribution is 7.17. The Hall–Kier alpha value is -2.37. The minimum Gasteiger partial charge on any atom is -0.340 e. The Labute approximate surface area is 159 Å². The van der Waals surface area contributed by atoms with E-state index in [9.17, 15) is 4.79 Å².